The Morgan fingerprint density at radius 2 is 1.80 bits per heavy atom. The van der Waals surface area contributed by atoms with E-state index in [2.05, 4.69) is 15.3 Å². The molecule has 3 rings (SSSR count). The van der Waals surface area contributed by atoms with E-state index < -0.39 is 11.7 Å². The lowest BCUT2D eigenvalue weighted by atomic mass is 10.2. The number of para-hydroxylation sites is 1. The van der Waals surface area contributed by atoms with E-state index in [0.717, 1.165) is 12.1 Å². The number of pyridine rings is 1. The highest BCUT2D eigenvalue weighted by molar-refractivity contribution is 6.39. The number of benzene rings is 1. The van der Waals surface area contributed by atoms with Crippen molar-refractivity contribution in [2.45, 2.75) is 13.1 Å². The number of nitrogens with one attached hydrogen (secondary N) is 1. The summed E-state index contributed by atoms with van der Waals surface area (Å²) in [6.07, 6.45) is -1.54. The van der Waals surface area contributed by atoms with Crippen molar-refractivity contribution in [2.24, 2.45) is 0 Å². The quantitative estimate of drug-likeness (QED) is 0.632. The van der Waals surface area contributed by atoms with Crippen LogP contribution in [0.2, 0.25) is 10.0 Å². The second-order valence-electron chi connectivity index (χ2n) is 5.20. The summed E-state index contributed by atoms with van der Waals surface area (Å²) in [5.41, 5.74) is -0.146. The zero-order chi connectivity index (χ0) is 18.2. The molecule has 0 saturated heterocycles. The molecular weight excluding hydrogens is 376 g/mol. The van der Waals surface area contributed by atoms with Crippen LogP contribution in [0.1, 0.15) is 11.3 Å². The minimum absolute atomic E-state index is 0.0792. The van der Waals surface area contributed by atoms with E-state index in [0.29, 0.717) is 15.7 Å². The van der Waals surface area contributed by atoms with Crippen molar-refractivity contribution in [1.29, 1.82) is 0 Å². The van der Waals surface area contributed by atoms with E-state index in [4.69, 9.17) is 23.2 Å². The zero-order valence-electron chi connectivity index (χ0n) is 12.8. The van der Waals surface area contributed by atoms with Crippen molar-refractivity contribution in [2.75, 3.05) is 5.32 Å². The number of nitrogens with zero attached hydrogens (tertiary/aromatic N) is 3. The minimum atomic E-state index is -4.47. The van der Waals surface area contributed by atoms with E-state index in [1.54, 1.807) is 18.2 Å². The molecule has 130 valence electrons. The predicted molar refractivity (Wildman–Crippen MR) is 90.8 cm³/mol. The third kappa shape index (κ3) is 3.72. The highest BCUT2D eigenvalue weighted by atomic mass is 35.5. The summed E-state index contributed by atoms with van der Waals surface area (Å²) in [6.45, 7) is 1.49. The number of hydrogen-bond donors (Lipinski definition) is 1. The first-order valence-corrected chi connectivity index (χ1v) is 7.82. The highest BCUT2D eigenvalue weighted by Gasteiger charge is 2.31. The van der Waals surface area contributed by atoms with E-state index in [1.165, 1.54) is 23.9 Å². The van der Waals surface area contributed by atoms with Crippen LogP contribution in [-0.2, 0) is 6.18 Å². The topological polar surface area (TPSA) is 42.7 Å². The molecule has 1 N–H and O–H groups in total. The maximum Gasteiger partial charge on any atom is 0.416 e. The van der Waals surface area contributed by atoms with E-state index in [9.17, 15) is 13.2 Å². The molecule has 1 aromatic carbocycles. The van der Waals surface area contributed by atoms with Gasteiger partial charge in [-0.3, -0.25) is 4.57 Å². The number of hydrogen-bond acceptors (Lipinski definition) is 3. The average molecular weight is 387 g/mol. The molecule has 0 bridgehead atoms. The number of aromatic nitrogens is 3. The third-order valence-electron chi connectivity index (χ3n) is 3.35. The molecule has 0 amide bonds. The Morgan fingerprint density at radius 3 is 2.44 bits per heavy atom. The molecule has 0 spiro atoms. The molecule has 9 heteroatoms. The van der Waals surface area contributed by atoms with Gasteiger partial charge in [0.15, 0.2) is 0 Å². The van der Waals surface area contributed by atoms with Crippen LogP contribution in [0.3, 0.4) is 0 Å². The normalized spacial score (nSPS) is 11.6. The second kappa shape index (κ2) is 6.57. The van der Waals surface area contributed by atoms with Crippen molar-refractivity contribution in [1.82, 2.24) is 14.5 Å². The van der Waals surface area contributed by atoms with Gasteiger partial charge < -0.3 is 5.32 Å². The molecular formula is C16H11Cl2F3N4. The first-order chi connectivity index (χ1) is 11.8. The molecule has 0 aliphatic carbocycles. The summed E-state index contributed by atoms with van der Waals surface area (Å²) < 4.78 is 40.5. The van der Waals surface area contributed by atoms with Gasteiger partial charge in [0.25, 0.3) is 0 Å². The van der Waals surface area contributed by atoms with Crippen molar-refractivity contribution in [3.8, 4) is 5.82 Å². The van der Waals surface area contributed by atoms with Gasteiger partial charge in [-0.1, -0.05) is 29.3 Å². The molecule has 0 aliphatic rings. The number of aryl methyl sites for hydroxylation is 1. The predicted octanol–water partition coefficient (Wildman–Crippen LogP) is 5.64. The summed E-state index contributed by atoms with van der Waals surface area (Å²) in [6, 6.07) is 6.89. The Bertz CT molecular complexity index is 902. The van der Waals surface area contributed by atoms with Crippen LogP contribution >= 0.6 is 23.2 Å². The SMILES string of the molecule is Cc1cc(C(F)(F)F)cc(-n2ccnc2Nc2c(Cl)cccc2Cl)n1. The molecule has 2 heterocycles. The zero-order valence-corrected chi connectivity index (χ0v) is 14.3. The molecule has 4 nitrogen and oxygen atoms in total. The molecule has 0 radical (unpaired) electrons. The molecule has 0 fully saturated rings. The lowest BCUT2D eigenvalue weighted by Gasteiger charge is -2.14. The standard InChI is InChI=1S/C16H11Cl2F3N4/c1-9-7-10(16(19,20)21)8-13(23-9)25-6-5-22-15(25)24-14-11(17)3-2-4-12(14)18/h2-8H,1H3,(H,22,24). The fourth-order valence-electron chi connectivity index (χ4n) is 2.25. The maximum absolute atomic E-state index is 13.0. The molecule has 0 saturated carbocycles. The lowest BCUT2D eigenvalue weighted by molar-refractivity contribution is -0.137. The molecule has 0 unspecified atom stereocenters. The van der Waals surface area contributed by atoms with Crippen molar-refractivity contribution >= 4 is 34.8 Å². The molecule has 2 aromatic heterocycles. The van der Waals surface area contributed by atoms with Gasteiger partial charge in [-0.25, -0.2) is 9.97 Å². The van der Waals surface area contributed by atoms with Crippen LogP contribution in [-0.4, -0.2) is 14.5 Å². The second-order valence-corrected chi connectivity index (χ2v) is 6.01. The number of anilines is 2. The Morgan fingerprint density at radius 1 is 1.12 bits per heavy atom. The third-order valence-corrected chi connectivity index (χ3v) is 3.98. The van der Waals surface area contributed by atoms with Crippen LogP contribution in [0, 0.1) is 6.92 Å². The number of alkyl halides is 3. The fourth-order valence-corrected chi connectivity index (χ4v) is 2.74. The van der Waals surface area contributed by atoms with Crippen molar-refractivity contribution in [3.05, 3.63) is 64.0 Å². The highest BCUT2D eigenvalue weighted by Crippen LogP contribution is 2.34. The van der Waals surface area contributed by atoms with E-state index >= 15 is 0 Å². The van der Waals surface area contributed by atoms with Gasteiger partial charge in [0.2, 0.25) is 5.95 Å². The summed E-state index contributed by atoms with van der Waals surface area (Å²) in [7, 11) is 0. The Labute approximate surface area is 151 Å². The summed E-state index contributed by atoms with van der Waals surface area (Å²) >= 11 is 12.2. The maximum atomic E-state index is 13.0. The molecule has 25 heavy (non-hydrogen) atoms. The van der Waals surface area contributed by atoms with Crippen LogP contribution in [0.15, 0.2) is 42.7 Å². The van der Waals surface area contributed by atoms with Gasteiger partial charge >= 0.3 is 6.18 Å². The summed E-state index contributed by atoms with van der Waals surface area (Å²) in [5.74, 6) is 0.316. The van der Waals surface area contributed by atoms with Gasteiger partial charge in [0.05, 0.1) is 21.3 Å². The van der Waals surface area contributed by atoms with E-state index in [-0.39, 0.29) is 17.5 Å². The Hall–Kier alpha value is -2.25. The number of rotatable bonds is 3. The van der Waals surface area contributed by atoms with Crippen LogP contribution in [0.4, 0.5) is 24.8 Å². The van der Waals surface area contributed by atoms with Crippen molar-refractivity contribution < 1.29 is 13.2 Å². The number of halogens is 5. The van der Waals surface area contributed by atoms with E-state index in [1.807, 2.05) is 0 Å². The van der Waals surface area contributed by atoms with Crippen LogP contribution in [0.25, 0.3) is 5.82 Å². The summed E-state index contributed by atoms with van der Waals surface area (Å²) in [4.78, 5) is 8.26. The van der Waals surface area contributed by atoms with Crippen LogP contribution in [0.5, 0.6) is 0 Å². The number of imidazole rings is 1. The van der Waals surface area contributed by atoms with Gasteiger partial charge in [0, 0.05) is 18.1 Å². The van der Waals surface area contributed by atoms with Gasteiger partial charge in [-0.2, -0.15) is 13.2 Å². The smallest absolute Gasteiger partial charge is 0.323 e. The first kappa shape index (κ1) is 17.6. The average Bonchev–Trinajstić information content (AvgIpc) is 2.98. The summed E-state index contributed by atoms with van der Waals surface area (Å²) in [5, 5.41) is 3.65. The molecule has 3 aromatic rings. The Balaban J connectivity index is 2.04. The fraction of sp³-hybridized carbons (Fsp3) is 0.125. The first-order valence-electron chi connectivity index (χ1n) is 7.06. The van der Waals surface area contributed by atoms with Gasteiger partial charge in [-0.15, -0.1) is 0 Å². The largest absolute Gasteiger partial charge is 0.416 e. The minimum Gasteiger partial charge on any atom is -0.323 e. The molecule has 0 aliphatic heterocycles. The van der Waals surface area contributed by atoms with Gasteiger partial charge in [0.1, 0.15) is 5.82 Å². The lowest BCUT2D eigenvalue weighted by Crippen LogP contribution is -2.10. The van der Waals surface area contributed by atoms with Crippen LogP contribution < -0.4 is 5.32 Å². The monoisotopic (exact) mass is 386 g/mol. The molecule has 0 atom stereocenters. The van der Waals surface area contributed by atoms with Gasteiger partial charge in [-0.05, 0) is 31.2 Å². The Kier molecular flexibility index (Phi) is 4.62. The van der Waals surface area contributed by atoms with Crippen molar-refractivity contribution in [3.63, 3.8) is 0 Å².